The largest absolute Gasteiger partial charge is 0.378 e. The lowest BCUT2D eigenvalue weighted by molar-refractivity contribution is 0.112. The Bertz CT molecular complexity index is 555. The van der Waals surface area contributed by atoms with E-state index in [-0.39, 0.29) is 5.69 Å². The van der Waals surface area contributed by atoms with Gasteiger partial charge in [-0.15, -0.1) is 0 Å². The number of hydrogen-bond acceptors (Lipinski definition) is 3. The molecule has 0 atom stereocenters. The molecule has 0 amide bonds. The van der Waals surface area contributed by atoms with Gasteiger partial charge in [-0.25, -0.2) is 4.39 Å². The second-order valence-corrected chi connectivity index (χ2v) is 4.04. The molecule has 3 nitrogen and oxygen atoms in total. The van der Waals surface area contributed by atoms with E-state index in [2.05, 4.69) is 10.3 Å². The standard InChI is InChI=1S/C14H13FN2O/c1-10-6-12(9-18)14(13(15)7-10)17-8-11-2-4-16-5-3-11/h2-7,9,17H,8H2,1H3. The fraction of sp³-hybridized carbons (Fsp3) is 0.143. The fourth-order valence-electron chi connectivity index (χ4n) is 1.74. The SMILES string of the molecule is Cc1cc(F)c(NCc2ccncc2)c(C=O)c1. The maximum Gasteiger partial charge on any atom is 0.152 e. The number of anilines is 1. The molecule has 18 heavy (non-hydrogen) atoms. The number of hydrogen-bond donors (Lipinski definition) is 1. The average molecular weight is 244 g/mol. The number of aryl methyl sites for hydroxylation is 1. The Balaban J connectivity index is 2.21. The minimum absolute atomic E-state index is 0.243. The quantitative estimate of drug-likeness (QED) is 0.841. The number of nitrogens with zero attached hydrogens (tertiary/aromatic N) is 1. The van der Waals surface area contributed by atoms with Gasteiger partial charge in [0.1, 0.15) is 5.82 Å². The number of halogens is 1. The fourth-order valence-corrected chi connectivity index (χ4v) is 1.74. The Morgan fingerprint density at radius 2 is 2.06 bits per heavy atom. The molecule has 0 radical (unpaired) electrons. The molecule has 1 heterocycles. The third kappa shape index (κ3) is 2.71. The van der Waals surface area contributed by atoms with Crippen molar-refractivity contribution < 1.29 is 9.18 Å². The van der Waals surface area contributed by atoms with Crippen LogP contribution in [-0.2, 0) is 6.54 Å². The van der Waals surface area contributed by atoms with Gasteiger partial charge < -0.3 is 5.32 Å². The normalized spacial score (nSPS) is 10.1. The molecule has 0 fully saturated rings. The minimum Gasteiger partial charge on any atom is -0.378 e. The zero-order valence-electron chi connectivity index (χ0n) is 9.98. The van der Waals surface area contributed by atoms with Crippen molar-refractivity contribution in [2.75, 3.05) is 5.32 Å². The highest BCUT2D eigenvalue weighted by Gasteiger charge is 2.08. The smallest absolute Gasteiger partial charge is 0.152 e. The van der Waals surface area contributed by atoms with Gasteiger partial charge in [0.05, 0.1) is 5.69 Å². The molecule has 0 saturated carbocycles. The molecule has 2 aromatic rings. The van der Waals surface area contributed by atoms with Crippen molar-refractivity contribution in [3.8, 4) is 0 Å². The molecule has 4 heteroatoms. The van der Waals surface area contributed by atoms with Crippen LogP contribution >= 0.6 is 0 Å². The van der Waals surface area contributed by atoms with Crippen LogP contribution in [0.15, 0.2) is 36.7 Å². The lowest BCUT2D eigenvalue weighted by atomic mass is 10.1. The third-order valence-corrected chi connectivity index (χ3v) is 2.61. The van der Waals surface area contributed by atoms with Gasteiger partial charge in [0.2, 0.25) is 0 Å². The molecule has 0 unspecified atom stereocenters. The molecular weight excluding hydrogens is 231 g/mol. The molecule has 92 valence electrons. The van der Waals surface area contributed by atoms with E-state index in [0.29, 0.717) is 18.4 Å². The number of carbonyl (C=O) groups is 1. The summed E-state index contributed by atoms with van der Waals surface area (Å²) in [6.07, 6.45) is 4.00. The van der Waals surface area contributed by atoms with Crippen molar-refractivity contribution in [2.24, 2.45) is 0 Å². The van der Waals surface area contributed by atoms with Crippen LogP contribution in [0.5, 0.6) is 0 Å². The molecule has 1 N–H and O–H groups in total. The number of rotatable bonds is 4. The van der Waals surface area contributed by atoms with E-state index in [1.54, 1.807) is 25.4 Å². The minimum atomic E-state index is -0.411. The Kier molecular flexibility index (Phi) is 3.67. The van der Waals surface area contributed by atoms with Gasteiger partial charge in [-0.05, 0) is 42.3 Å². The summed E-state index contributed by atoms with van der Waals surface area (Å²) in [5.74, 6) is -0.411. The first-order valence-electron chi connectivity index (χ1n) is 5.59. The molecule has 0 saturated heterocycles. The van der Waals surface area contributed by atoms with E-state index in [1.807, 2.05) is 12.1 Å². The van der Waals surface area contributed by atoms with Crippen LogP contribution in [0.1, 0.15) is 21.5 Å². The summed E-state index contributed by atoms with van der Waals surface area (Å²) in [4.78, 5) is 14.8. The summed E-state index contributed by atoms with van der Waals surface area (Å²) in [7, 11) is 0. The van der Waals surface area contributed by atoms with Crippen LogP contribution in [0.4, 0.5) is 10.1 Å². The van der Waals surface area contributed by atoms with Crippen LogP contribution in [0.25, 0.3) is 0 Å². The van der Waals surface area contributed by atoms with Gasteiger partial charge in [0.25, 0.3) is 0 Å². The van der Waals surface area contributed by atoms with Gasteiger partial charge in [0, 0.05) is 24.5 Å². The number of carbonyl (C=O) groups excluding carboxylic acids is 1. The molecular formula is C14H13FN2O. The predicted molar refractivity (Wildman–Crippen MR) is 68.1 cm³/mol. The van der Waals surface area contributed by atoms with Crippen molar-refractivity contribution in [2.45, 2.75) is 13.5 Å². The van der Waals surface area contributed by atoms with Gasteiger partial charge in [-0.2, -0.15) is 0 Å². The van der Waals surface area contributed by atoms with E-state index in [0.717, 1.165) is 11.1 Å². The van der Waals surface area contributed by atoms with Crippen LogP contribution in [-0.4, -0.2) is 11.3 Å². The summed E-state index contributed by atoms with van der Waals surface area (Å²) in [5, 5.41) is 2.94. The second-order valence-electron chi connectivity index (χ2n) is 4.04. The number of pyridine rings is 1. The molecule has 0 aliphatic heterocycles. The Hall–Kier alpha value is -2.23. The first kappa shape index (κ1) is 12.2. The van der Waals surface area contributed by atoms with E-state index in [9.17, 15) is 9.18 Å². The van der Waals surface area contributed by atoms with Crippen LogP contribution < -0.4 is 5.32 Å². The molecule has 1 aromatic carbocycles. The number of aldehydes is 1. The van der Waals surface area contributed by atoms with E-state index in [1.165, 1.54) is 6.07 Å². The second kappa shape index (κ2) is 5.40. The number of nitrogens with one attached hydrogen (secondary N) is 1. The number of aromatic nitrogens is 1. The van der Waals surface area contributed by atoms with Crippen molar-refractivity contribution in [3.63, 3.8) is 0 Å². The average Bonchev–Trinajstić information content (AvgIpc) is 2.38. The monoisotopic (exact) mass is 244 g/mol. The van der Waals surface area contributed by atoms with E-state index in [4.69, 9.17) is 0 Å². The first-order chi connectivity index (χ1) is 8.70. The van der Waals surface area contributed by atoms with Crippen molar-refractivity contribution in [1.29, 1.82) is 0 Å². The zero-order valence-corrected chi connectivity index (χ0v) is 9.98. The van der Waals surface area contributed by atoms with Crippen LogP contribution in [0.2, 0.25) is 0 Å². The molecule has 1 aromatic heterocycles. The first-order valence-corrected chi connectivity index (χ1v) is 5.59. The summed E-state index contributed by atoms with van der Waals surface area (Å²) >= 11 is 0. The Morgan fingerprint density at radius 1 is 1.33 bits per heavy atom. The molecule has 2 rings (SSSR count). The molecule has 0 aliphatic carbocycles. The topological polar surface area (TPSA) is 42.0 Å². The van der Waals surface area contributed by atoms with Crippen molar-refractivity contribution >= 4 is 12.0 Å². The van der Waals surface area contributed by atoms with E-state index >= 15 is 0 Å². The highest BCUT2D eigenvalue weighted by molar-refractivity contribution is 5.84. The molecule has 0 spiro atoms. The van der Waals surface area contributed by atoms with Crippen LogP contribution in [0.3, 0.4) is 0 Å². The maximum atomic E-state index is 13.8. The lowest BCUT2D eigenvalue weighted by Crippen LogP contribution is -2.05. The Labute approximate surface area is 105 Å². The zero-order chi connectivity index (χ0) is 13.0. The summed E-state index contributed by atoms with van der Waals surface area (Å²) in [5.41, 5.74) is 2.28. The highest BCUT2D eigenvalue weighted by atomic mass is 19.1. The van der Waals surface area contributed by atoms with Gasteiger partial charge in [-0.3, -0.25) is 9.78 Å². The predicted octanol–water partition coefficient (Wildman–Crippen LogP) is 2.95. The third-order valence-electron chi connectivity index (χ3n) is 2.61. The maximum absolute atomic E-state index is 13.8. The Morgan fingerprint density at radius 3 is 2.72 bits per heavy atom. The lowest BCUT2D eigenvalue weighted by Gasteiger charge is -2.10. The molecule has 0 bridgehead atoms. The van der Waals surface area contributed by atoms with Crippen LogP contribution in [0, 0.1) is 12.7 Å². The van der Waals surface area contributed by atoms with Gasteiger partial charge >= 0.3 is 0 Å². The summed E-state index contributed by atoms with van der Waals surface area (Å²) < 4.78 is 13.8. The van der Waals surface area contributed by atoms with Crippen molar-refractivity contribution in [3.05, 3.63) is 59.2 Å². The van der Waals surface area contributed by atoms with Gasteiger partial charge in [-0.1, -0.05) is 0 Å². The van der Waals surface area contributed by atoms with Gasteiger partial charge in [0.15, 0.2) is 6.29 Å². The summed E-state index contributed by atoms with van der Waals surface area (Å²) in [6, 6.07) is 6.73. The summed E-state index contributed by atoms with van der Waals surface area (Å²) in [6.45, 7) is 2.20. The molecule has 0 aliphatic rings. The van der Waals surface area contributed by atoms with E-state index < -0.39 is 5.82 Å². The van der Waals surface area contributed by atoms with Crippen molar-refractivity contribution in [1.82, 2.24) is 4.98 Å². The highest BCUT2D eigenvalue weighted by Crippen LogP contribution is 2.21. The number of benzene rings is 1.